The van der Waals surface area contributed by atoms with Crippen molar-refractivity contribution in [1.29, 1.82) is 0 Å². The summed E-state index contributed by atoms with van der Waals surface area (Å²) in [5.41, 5.74) is 11.1. The van der Waals surface area contributed by atoms with Crippen LogP contribution in [0.4, 0.5) is 0 Å². The van der Waals surface area contributed by atoms with Crippen molar-refractivity contribution in [3.8, 4) is 57.2 Å². The number of hydrogen-bond acceptors (Lipinski definition) is 8. The van der Waals surface area contributed by atoms with Gasteiger partial charge in [0.25, 0.3) is 0 Å². The van der Waals surface area contributed by atoms with Crippen molar-refractivity contribution >= 4 is 65.7 Å². The van der Waals surface area contributed by atoms with E-state index in [1.54, 1.807) is 12.5 Å². The Morgan fingerprint density at radius 1 is 0.333 bits per heavy atom. The standard InChI is InChI=1S/C53H31N9O/c1-3-12-32(13-4-1)50-57-51(33-14-5-2-6-15-33)60-53(59-50)62-42-18-9-7-16-37(42)39-24-21-35(30-45(39)62)34-22-25-44-40(28-34)38-17-8-10-19-43(38)61(44)52-56-31-55-49(58-52)36-23-26-46-41(29-36)48-47(63-46)20-11-27-54-48/h1-31H. The van der Waals surface area contributed by atoms with Gasteiger partial charge in [-0.05, 0) is 71.8 Å². The van der Waals surface area contributed by atoms with Crippen LogP contribution in [0.25, 0.3) is 123 Å². The predicted octanol–water partition coefficient (Wildman–Crippen LogP) is 12.2. The minimum atomic E-state index is 0.530. The van der Waals surface area contributed by atoms with Crippen molar-refractivity contribution in [2.45, 2.75) is 0 Å². The number of pyridine rings is 1. The van der Waals surface area contributed by atoms with Crippen LogP contribution in [0.5, 0.6) is 0 Å². The fraction of sp³-hybridized carbons (Fsp3) is 0. The van der Waals surface area contributed by atoms with Crippen LogP contribution in [0, 0.1) is 0 Å². The second-order valence-corrected chi connectivity index (χ2v) is 15.5. The van der Waals surface area contributed by atoms with Gasteiger partial charge in [0.1, 0.15) is 17.4 Å². The van der Waals surface area contributed by atoms with Gasteiger partial charge in [0.05, 0.1) is 22.1 Å². The van der Waals surface area contributed by atoms with E-state index in [0.29, 0.717) is 29.4 Å². The van der Waals surface area contributed by atoms with Gasteiger partial charge in [-0.1, -0.05) is 115 Å². The molecule has 6 heterocycles. The van der Waals surface area contributed by atoms with E-state index in [0.717, 1.165) is 93.5 Å². The van der Waals surface area contributed by atoms with Crippen molar-refractivity contribution in [3.05, 3.63) is 188 Å². The van der Waals surface area contributed by atoms with Gasteiger partial charge < -0.3 is 4.42 Å². The molecule has 0 aliphatic carbocycles. The summed E-state index contributed by atoms with van der Waals surface area (Å²) in [6.45, 7) is 0. The Morgan fingerprint density at radius 2 is 0.921 bits per heavy atom. The van der Waals surface area contributed by atoms with E-state index in [-0.39, 0.29) is 0 Å². The van der Waals surface area contributed by atoms with Crippen LogP contribution in [-0.4, -0.2) is 44.0 Å². The molecule has 0 aliphatic rings. The Labute approximate surface area is 358 Å². The number of benzene rings is 7. The first-order valence-electron chi connectivity index (χ1n) is 20.6. The second-order valence-electron chi connectivity index (χ2n) is 15.5. The van der Waals surface area contributed by atoms with E-state index in [1.165, 1.54) is 0 Å². The van der Waals surface area contributed by atoms with Crippen LogP contribution < -0.4 is 0 Å². The summed E-state index contributed by atoms with van der Waals surface area (Å²) >= 11 is 0. The molecule has 0 bridgehead atoms. The third-order valence-corrected chi connectivity index (χ3v) is 11.8. The maximum atomic E-state index is 6.03. The predicted molar refractivity (Wildman–Crippen MR) is 249 cm³/mol. The largest absolute Gasteiger partial charge is 0.454 e. The Balaban J connectivity index is 0.961. The van der Waals surface area contributed by atoms with Crippen LogP contribution in [0.15, 0.2) is 193 Å². The zero-order valence-electron chi connectivity index (χ0n) is 33.3. The average molecular weight is 810 g/mol. The lowest BCUT2D eigenvalue weighted by Crippen LogP contribution is -2.06. The summed E-state index contributed by atoms with van der Waals surface area (Å²) in [6, 6.07) is 60.0. The van der Waals surface area contributed by atoms with Crippen molar-refractivity contribution in [3.63, 3.8) is 0 Å². The van der Waals surface area contributed by atoms with Crippen molar-refractivity contribution in [1.82, 2.24) is 44.0 Å². The second kappa shape index (κ2) is 13.8. The first-order chi connectivity index (χ1) is 31.2. The number of nitrogens with zero attached hydrogens (tertiary/aromatic N) is 9. The topological polar surface area (TPSA) is 113 Å². The Hall–Kier alpha value is -8.89. The summed E-state index contributed by atoms with van der Waals surface area (Å²) in [6.07, 6.45) is 3.35. The molecule has 0 atom stereocenters. The van der Waals surface area contributed by atoms with E-state index >= 15 is 0 Å². The molecule has 0 aliphatic heterocycles. The normalized spacial score (nSPS) is 11.8. The van der Waals surface area contributed by atoms with Crippen LogP contribution in [0.3, 0.4) is 0 Å². The lowest BCUT2D eigenvalue weighted by molar-refractivity contribution is 0.668. The molecule has 63 heavy (non-hydrogen) atoms. The highest BCUT2D eigenvalue weighted by Crippen LogP contribution is 2.38. The van der Waals surface area contributed by atoms with Crippen LogP contribution >= 0.6 is 0 Å². The Bertz CT molecular complexity index is 3870. The monoisotopic (exact) mass is 809 g/mol. The lowest BCUT2D eigenvalue weighted by atomic mass is 10.0. The van der Waals surface area contributed by atoms with Crippen LogP contribution in [0.2, 0.25) is 0 Å². The Morgan fingerprint density at radius 3 is 1.68 bits per heavy atom. The van der Waals surface area contributed by atoms with Crippen molar-refractivity contribution < 1.29 is 4.42 Å². The van der Waals surface area contributed by atoms with Crippen molar-refractivity contribution in [2.24, 2.45) is 0 Å². The zero-order valence-corrected chi connectivity index (χ0v) is 33.3. The fourth-order valence-corrected chi connectivity index (χ4v) is 8.90. The van der Waals surface area contributed by atoms with Gasteiger partial charge in [0, 0.05) is 49.8 Å². The molecule has 7 aromatic carbocycles. The molecular formula is C53H31N9O. The van der Waals surface area contributed by atoms with E-state index in [1.807, 2.05) is 97.1 Å². The molecular weight excluding hydrogens is 779 g/mol. The molecule has 0 amide bonds. The summed E-state index contributed by atoms with van der Waals surface area (Å²) in [5.74, 6) is 2.86. The van der Waals surface area contributed by atoms with Crippen LogP contribution in [-0.2, 0) is 0 Å². The SMILES string of the molecule is c1ccc(-c2nc(-c3ccccc3)nc(-n3c4ccccc4c4ccc(-c5ccc6c(c5)c5ccccc5n6-c5ncnc(-c6ccc7oc8cccnc8c7c6)n5)cc43)n2)cc1. The third-order valence-electron chi connectivity index (χ3n) is 11.8. The average Bonchev–Trinajstić information content (AvgIpc) is 4.01. The van der Waals surface area contributed by atoms with Gasteiger partial charge in [0.2, 0.25) is 11.9 Å². The fourth-order valence-electron chi connectivity index (χ4n) is 8.90. The molecule has 10 nitrogen and oxygen atoms in total. The highest BCUT2D eigenvalue weighted by Gasteiger charge is 2.20. The molecule has 0 saturated carbocycles. The van der Waals surface area contributed by atoms with E-state index < -0.39 is 0 Å². The minimum absolute atomic E-state index is 0.530. The number of para-hydroxylation sites is 2. The molecule has 0 fully saturated rings. The lowest BCUT2D eigenvalue weighted by Gasteiger charge is -2.11. The molecule has 0 unspecified atom stereocenters. The van der Waals surface area contributed by atoms with Gasteiger partial charge in [-0.2, -0.15) is 15.0 Å². The van der Waals surface area contributed by atoms with Crippen molar-refractivity contribution in [2.75, 3.05) is 0 Å². The maximum Gasteiger partial charge on any atom is 0.238 e. The first-order valence-corrected chi connectivity index (χ1v) is 20.6. The van der Waals surface area contributed by atoms with Gasteiger partial charge in [-0.25, -0.2) is 15.0 Å². The van der Waals surface area contributed by atoms with Gasteiger partial charge in [0.15, 0.2) is 23.1 Å². The molecule has 0 saturated heterocycles. The van der Waals surface area contributed by atoms with E-state index in [9.17, 15) is 0 Å². The number of furan rings is 1. The first kappa shape index (κ1) is 34.9. The highest BCUT2D eigenvalue weighted by atomic mass is 16.3. The summed E-state index contributed by atoms with van der Waals surface area (Å²) in [5, 5.41) is 5.32. The molecule has 13 aromatic rings. The van der Waals surface area contributed by atoms with Gasteiger partial charge in [-0.3, -0.25) is 14.1 Å². The van der Waals surface area contributed by atoms with Gasteiger partial charge >= 0.3 is 0 Å². The minimum Gasteiger partial charge on any atom is -0.454 e. The number of hydrogen-bond donors (Lipinski definition) is 0. The number of fused-ring (bicyclic) bond motifs is 9. The molecule has 0 spiro atoms. The molecule has 13 rings (SSSR count). The Kier molecular flexibility index (Phi) is 7.67. The molecule has 10 heteroatoms. The maximum absolute atomic E-state index is 6.03. The summed E-state index contributed by atoms with van der Waals surface area (Å²) in [4.78, 5) is 34.2. The number of aromatic nitrogens is 9. The van der Waals surface area contributed by atoms with E-state index in [4.69, 9.17) is 29.3 Å². The quantitative estimate of drug-likeness (QED) is 0.163. The van der Waals surface area contributed by atoms with Crippen LogP contribution in [0.1, 0.15) is 0 Å². The zero-order chi connectivity index (χ0) is 41.4. The molecule has 294 valence electrons. The third kappa shape index (κ3) is 5.62. The molecule has 6 aromatic heterocycles. The molecule has 0 N–H and O–H groups in total. The smallest absolute Gasteiger partial charge is 0.238 e. The summed E-state index contributed by atoms with van der Waals surface area (Å²) < 4.78 is 10.3. The molecule has 0 radical (unpaired) electrons. The summed E-state index contributed by atoms with van der Waals surface area (Å²) in [7, 11) is 0. The van der Waals surface area contributed by atoms with Gasteiger partial charge in [-0.15, -0.1) is 0 Å². The highest BCUT2D eigenvalue weighted by molar-refractivity contribution is 6.12. The number of rotatable bonds is 6. The van der Waals surface area contributed by atoms with E-state index in [2.05, 4.69) is 98.0 Å².